The molecular formula is C26H28ClN3O4S. The van der Waals surface area contributed by atoms with E-state index >= 15 is 0 Å². The maximum absolute atomic E-state index is 12.3. The van der Waals surface area contributed by atoms with Crippen LogP contribution in [-0.4, -0.2) is 30.2 Å². The van der Waals surface area contributed by atoms with Gasteiger partial charge in [-0.1, -0.05) is 30.9 Å². The predicted octanol–water partition coefficient (Wildman–Crippen LogP) is 6.48. The Hall–Kier alpha value is -3.10. The minimum absolute atomic E-state index is 0.0583. The smallest absolute Gasteiger partial charge is 0.226 e. The zero-order valence-electron chi connectivity index (χ0n) is 19.7. The number of ether oxygens (including phenoxy) is 3. The molecule has 1 aliphatic carbocycles. The van der Waals surface area contributed by atoms with Crippen LogP contribution >= 0.6 is 23.8 Å². The fourth-order valence-corrected chi connectivity index (χ4v) is 4.76. The number of nitrogens with zero attached hydrogens (tertiary/aromatic N) is 1. The van der Waals surface area contributed by atoms with Crippen LogP contribution in [0.15, 0.2) is 42.6 Å². The Kier molecular flexibility index (Phi) is 8.25. The summed E-state index contributed by atoms with van der Waals surface area (Å²) in [6.45, 7) is 0. The van der Waals surface area contributed by atoms with Crippen molar-refractivity contribution in [3.8, 4) is 23.0 Å². The van der Waals surface area contributed by atoms with Crippen molar-refractivity contribution in [3.63, 3.8) is 0 Å². The molecule has 0 atom stereocenters. The monoisotopic (exact) mass is 513 g/mol. The number of rotatable bonds is 7. The molecule has 0 unspecified atom stereocenters. The molecule has 1 amide bonds. The summed E-state index contributed by atoms with van der Waals surface area (Å²) in [4.78, 5) is 16.7. The van der Waals surface area contributed by atoms with Gasteiger partial charge in [0.25, 0.3) is 0 Å². The van der Waals surface area contributed by atoms with E-state index in [2.05, 4.69) is 15.6 Å². The molecule has 184 valence electrons. The number of nitrogens with one attached hydrogen (secondary N) is 2. The summed E-state index contributed by atoms with van der Waals surface area (Å²) in [7, 11) is 3.15. The number of anilines is 1. The highest BCUT2D eigenvalue weighted by atomic mass is 35.5. The van der Waals surface area contributed by atoms with Crippen LogP contribution in [0.1, 0.15) is 38.5 Å². The molecule has 1 fully saturated rings. The average Bonchev–Trinajstić information content (AvgIpc) is 2.85. The minimum Gasteiger partial charge on any atom is -0.493 e. The van der Waals surface area contributed by atoms with E-state index in [1.54, 1.807) is 50.7 Å². The van der Waals surface area contributed by atoms with Gasteiger partial charge in [0.05, 0.1) is 24.8 Å². The van der Waals surface area contributed by atoms with Crippen molar-refractivity contribution in [1.29, 1.82) is 0 Å². The van der Waals surface area contributed by atoms with Crippen molar-refractivity contribution in [3.05, 3.63) is 47.6 Å². The Morgan fingerprint density at radius 2 is 1.77 bits per heavy atom. The van der Waals surface area contributed by atoms with Gasteiger partial charge in [0.15, 0.2) is 16.6 Å². The van der Waals surface area contributed by atoms with E-state index in [0.29, 0.717) is 51.6 Å². The van der Waals surface area contributed by atoms with Crippen LogP contribution in [0.5, 0.6) is 23.0 Å². The number of hydrogen-bond acceptors (Lipinski definition) is 6. The first-order valence-corrected chi connectivity index (χ1v) is 12.3. The van der Waals surface area contributed by atoms with Crippen molar-refractivity contribution < 1.29 is 19.0 Å². The molecule has 0 aliphatic heterocycles. The van der Waals surface area contributed by atoms with Gasteiger partial charge >= 0.3 is 0 Å². The Morgan fingerprint density at radius 1 is 1.03 bits per heavy atom. The Labute approximate surface area is 215 Å². The van der Waals surface area contributed by atoms with E-state index in [1.165, 1.54) is 19.3 Å². The fraction of sp³-hybridized carbons (Fsp3) is 0.346. The number of halogens is 1. The van der Waals surface area contributed by atoms with Crippen LogP contribution in [-0.2, 0) is 4.79 Å². The summed E-state index contributed by atoms with van der Waals surface area (Å²) in [5, 5.41) is 7.17. The highest BCUT2D eigenvalue weighted by Crippen LogP contribution is 2.38. The molecule has 9 heteroatoms. The molecule has 35 heavy (non-hydrogen) atoms. The van der Waals surface area contributed by atoms with Crippen LogP contribution in [0.3, 0.4) is 0 Å². The van der Waals surface area contributed by atoms with Gasteiger partial charge in [-0.2, -0.15) is 0 Å². The quantitative estimate of drug-likeness (QED) is 0.350. The minimum atomic E-state index is -0.0583. The molecule has 1 aliphatic rings. The molecule has 2 aromatic carbocycles. The molecule has 1 heterocycles. The molecular weight excluding hydrogens is 486 g/mol. The summed E-state index contributed by atoms with van der Waals surface area (Å²) < 4.78 is 16.9. The largest absolute Gasteiger partial charge is 0.493 e. The van der Waals surface area contributed by atoms with Gasteiger partial charge in [-0.05, 0) is 61.3 Å². The maximum atomic E-state index is 12.3. The maximum Gasteiger partial charge on any atom is 0.226 e. The van der Waals surface area contributed by atoms with Crippen molar-refractivity contribution in [2.24, 2.45) is 5.92 Å². The highest BCUT2D eigenvalue weighted by Gasteiger charge is 2.18. The number of aromatic nitrogens is 1. The van der Waals surface area contributed by atoms with Crippen molar-refractivity contribution >= 4 is 51.4 Å². The molecule has 1 aromatic heterocycles. The SMILES string of the molecule is COc1cc2nccc(Oc3ccc(NC(=S)NC(=O)CC4CCCCC4)cc3Cl)c2cc1OC. The van der Waals surface area contributed by atoms with E-state index in [-0.39, 0.29) is 11.0 Å². The molecule has 0 saturated heterocycles. The van der Waals surface area contributed by atoms with Crippen LogP contribution < -0.4 is 24.8 Å². The molecule has 2 N–H and O–H groups in total. The topological polar surface area (TPSA) is 81.7 Å². The van der Waals surface area contributed by atoms with Crippen LogP contribution in [0.25, 0.3) is 10.9 Å². The number of pyridine rings is 1. The van der Waals surface area contributed by atoms with Crippen LogP contribution in [0, 0.1) is 5.92 Å². The number of thiocarbonyl (C=S) groups is 1. The second-order valence-corrected chi connectivity index (χ2v) is 9.31. The number of carbonyl (C=O) groups is 1. The molecule has 3 aromatic rings. The summed E-state index contributed by atoms with van der Waals surface area (Å²) in [6.07, 6.45) is 8.04. The number of carbonyl (C=O) groups excluding carboxylic acids is 1. The van der Waals surface area contributed by atoms with E-state index in [1.807, 2.05) is 6.07 Å². The lowest BCUT2D eigenvalue weighted by molar-refractivity contribution is -0.120. The van der Waals surface area contributed by atoms with Crippen molar-refractivity contribution in [2.45, 2.75) is 38.5 Å². The van der Waals surface area contributed by atoms with E-state index in [4.69, 9.17) is 38.0 Å². The normalized spacial score (nSPS) is 13.8. The summed E-state index contributed by atoms with van der Waals surface area (Å²) in [6, 6.07) is 10.6. The molecule has 7 nitrogen and oxygen atoms in total. The summed E-state index contributed by atoms with van der Waals surface area (Å²) in [5.74, 6) is 2.58. The standard InChI is InChI=1S/C26H28ClN3O4S/c1-32-23-14-18-20(15-24(23)33-2)28-11-10-21(18)34-22-9-8-17(13-19(22)27)29-26(35)30-25(31)12-16-6-4-3-5-7-16/h8-11,13-16H,3-7,12H2,1-2H3,(H2,29,30,31,35). The molecule has 1 saturated carbocycles. The summed E-state index contributed by atoms with van der Waals surface area (Å²) >= 11 is 11.8. The lowest BCUT2D eigenvalue weighted by Crippen LogP contribution is -2.35. The number of hydrogen-bond donors (Lipinski definition) is 2. The van der Waals surface area contributed by atoms with Gasteiger partial charge in [-0.25, -0.2) is 0 Å². The average molecular weight is 514 g/mol. The Balaban J connectivity index is 1.42. The first kappa shape index (κ1) is 25.0. The van der Waals surface area contributed by atoms with Gasteiger partial charge in [-0.15, -0.1) is 0 Å². The lowest BCUT2D eigenvalue weighted by Gasteiger charge is -2.21. The first-order valence-electron chi connectivity index (χ1n) is 11.6. The third kappa shape index (κ3) is 6.32. The van der Waals surface area contributed by atoms with Crippen LogP contribution in [0.4, 0.5) is 5.69 Å². The molecule has 0 radical (unpaired) electrons. The summed E-state index contributed by atoms with van der Waals surface area (Å²) in [5.41, 5.74) is 1.35. The predicted molar refractivity (Wildman–Crippen MR) is 142 cm³/mol. The molecule has 4 rings (SSSR count). The van der Waals surface area contributed by atoms with Crippen molar-refractivity contribution in [2.75, 3.05) is 19.5 Å². The molecule has 0 spiro atoms. The van der Waals surface area contributed by atoms with Crippen LogP contribution in [0.2, 0.25) is 5.02 Å². The van der Waals surface area contributed by atoms with Gasteiger partial charge in [0.1, 0.15) is 11.5 Å². The second kappa shape index (κ2) is 11.6. The number of amides is 1. The van der Waals surface area contributed by atoms with E-state index in [0.717, 1.165) is 18.2 Å². The third-order valence-corrected chi connectivity index (χ3v) is 6.57. The fourth-order valence-electron chi connectivity index (χ4n) is 4.31. The second-order valence-electron chi connectivity index (χ2n) is 8.49. The van der Waals surface area contributed by atoms with E-state index < -0.39 is 0 Å². The van der Waals surface area contributed by atoms with Gasteiger partial charge < -0.3 is 24.8 Å². The zero-order chi connectivity index (χ0) is 24.8. The van der Waals surface area contributed by atoms with Crippen molar-refractivity contribution in [1.82, 2.24) is 10.3 Å². The number of fused-ring (bicyclic) bond motifs is 1. The molecule has 0 bridgehead atoms. The zero-order valence-corrected chi connectivity index (χ0v) is 21.3. The number of methoxy groups -OCH3 is 2. The Morgan fingerprint density at radius 3 is 2.49 bits per heavy atom. The lowest BCUT2D eigenvalue weighted by atomic mass is 9.87. The van der Waals surface area contributed by atoms with Gasteiger partial charge in [0, 0.05) is 29.8 Å². The first-order chi connectivity index (χ1) is 17.0. The Bertz CT molecular complexity index is 1230. The highest BCUT2D eigenvalue weighted by molar-refractivity contribution is 7.80. The number of benzene rings is 2. The van der Waals surface area contributed by atoms with Gasteiger partial charge in [-0.3, -0.25) is 9.78 Å². The van der Waals surface area contributed by atoms with E-state index in [9.17, 15) is 4.79 Å². The van der Waals surface area contributed by atoms with Gasteiger partial charge in [0.2, 0.25) is 5.91 Å². The third-order valence-electron chi connectivity index (χ3n) is 6.07.